The van der Waals surface area contributed by atoms with Gasteiger partial charge in [0.2, 0.25) is 0 Å². The molecule has 1 heterocycles. The van der Waals surface area contributed by atoms with Crippen LogP contribution < -0.4 is 9.47 Å². The highest BCUT2D eigenvalue weighted by molar-refractivity contribution is 14.1. The zero-order valence-corrected chi connectivity index (χ0v) is 29.3. The largest absolute Gasteiger partial charge is 0.433 e. The Kier molecular flexibility index (Phi) is 19.0. The molecule has 0 fully saturated rings. The third-order valence-corrected chi connectivity index (χ3v) is 8.79. The quantitative estimate of drug-likeness (QED) is 0.0614. The highest BCUT2D eigenvalue weighted by Crippen LogP contribution is 2.31. The average Bonchev–Trinajstić information content (AvgIpc) is 3.53. The first kappa shape index (κ1) is 38.4. The minimum atomic E-state index is -3.09. The van der Waals surface area contributed by atoms with Gasteiger partial charge in [0.1, 0.15) is 11.5 Å². The van der Waals surface area contributed by atoms with Crippen molar-refractivity contribution < 1.29 is 27.0 Å². The van der Waals surface area contributed by atoms with Crippen molar-refractivity contribution in [3.05, 3.63) is 69.6 Å². The molecule has 0 unspecified atom stereocenters. The first-order valence-corrected chi connectivity index (χ1v) is 18.1. The molecule has 0 N–H and O–H groups in total. The van der Waals surface area contributed by atoms with Crippen LogP contribution in [0.1, 0.15) is 117 Å². The molecular formula is C36H49F4IO2S. The van der Waals surface area contributed by atoms with E-state index in [4.69, 9.17) is 9.47 Å². The third-order valence-electron chi connectivity index (χ3n) is 7.15. The van der Waals surface area contributed by atoms with Gasteiger partial charge in [0.15, 0.2) is 0 Å². The summed E-state index contributed by atoms with van der Waals surface area (Å²) >= 11 is 3.76. The fourth-order valence-corrected chi connectivity index (χ4v) is 5.75. The summed E-state index contributed by atoms with van der Waals surface area (Å²) in [6.07, 6.45) is 7.85. The molecule has 0 saturated carbocycles. The summed E-state index contributed by atoms with van der Waals surface area (Å²) in [5.74, 6) is 0.460. The second kappa shape index (κ2) is 21.8. The van der Waals surface area contributed by atoms with Crippen molar-refractivity contribution in [2.24, 2.45) is 0 Å². The zero-order chi connectivity index (χ0) is 32.1. The summed E-state index contributed by atoms with van der Waals surface area (Å²) < 4.78 is 65.7. The molecule has 44 heavy (non-hydrogen) atoms. The Bertz CT molecular complexity index is 1110. The molecule has 3 rings (SSSR count). The minimum absolute atomic E-state index is 0.202. The smallest absolute Gasteiger partial charge is 0.397 e. The number of ether oxygens (including phenoxy) is 2. The van der Waals surface area contributed by atoms with Gasteiger partial charge in [0, 0.05) is 8.45 Å². The van der Waals surface area contributed by atoms with Crippen LogP contribution in [0.15, 0.2) is 66.0 Å². The third kappa shape index (κ3) is 17.6. The Morgan fingerprint density at radius 1 is 0.568 bits per heavy atom. The van der Waals surface area contributed by atoms with Gasteiger partial charge in [-0.3, -0.25) is 0 Å². The maximum atomic E-state index is 13.9. The Hall–Kier alpha value is -1.81. The summed E-state index contributed by atoms with van der Waals surface area (Å²) in [4.78, 5) is 1.12. The van der Waals surface area contributed by atoms with E-state index in [2.05, 4.69) is 36.4 Å². The number of halogens is 5. The number of unbranched alkanes of at least 4 members (excludes halogenated alkanes) is 12. The van der Waals surface area contributed by atoms with Crippen LogP contribution in [-0.4, -0.2) is 12.2 Å². The molecule has 0 amide bonds. The minimum Gasteiger partial charge on any atom is -0.433 e. The first-order chi connectivity index (χ1) is 21.1. The summed E-state index contributed by atoms with van der Waals surface area (Å²) in [6, 6.07) is 17.6. The van der Waals surface area contributed by atoms with Crippen LogP contribution in [0.2, 0.25) is 0 Å². The Balaban J connectivity index is 0.000000312. The van der Waals surface area contributed by atoms with Crippen LogP contribution in [0.4, 0.5) is 17.6 Å². The maximum Gasteiger partial charge on any atom is 0.397 e. The molecule has 0 bridgehead atoms. The molecule has 0 aliphatic heterocycles. The normalized spacial score (nSPS) is 11.6. The highest BCUT2D eigenvalue weighted by Gasteiger charge is 2.31. The van der Waals surface area contributed by atoms with Gasteiger partial charge < -0.3 is 9.47 Å². The van der Waals surface area contributed by atoms with Gasteiger partial charge in [-0.25, -0.2) is 0 Å². The molecular weight excluding hydrogens is 699 g/mol. The van der Waals surface area contributed by atoms with Crippen molar-refractivity contribution in [2.45, 2.75) is 129 Å². The predicted octanol–water partition coefficient (Wildman–Crippen LogP) is 13.9. The molecule has 1 aromatic heterocycles. The SMILES string of the molecule is CCCCCCCCCC(F)(F)Oc1ccc(-c2cccs2)cc1.CCCCCCCCCC(F)(F)Oc1ccc(I)cc1. The van der Waals surface area contributed by atoms with E-state index in [0.29, 0.717) is 12.8 Å². The second-order valence-electron chi connectivity index (χ2n) is 11.2. The average molecular weight is 749 g/mol. The lowest BCUT2D eigenvalue weighted by Crippen LogP contribution is -2.24. The van der Waals surface area contributed by atoms with Crippen LogP contribution in [0.3, 0.4) is 0 Å². The van der Waals surface area contributed by atoms with Gasteiger partial charge >= 0.3 is 12.2 Å². The van der Waals surface area contributed by atoms with Crippen molar-refractivity contribution in [3.63, 3.8) is 0 Å². The van der Waals surface area contributed by atoms with Crippen molar-refractivity contribution in [2.75, 3.05) is 0 Å². The van der Waals surface area contributed by atoms with Gasteiger partial charge in [-0.1, -0.05) is 97.0 Å². The summed E-state index contributed by atoms with van der Waals surface area (Å²) in [7, 11) is 0. The van der Waals surface area contributed by atoms with E-state index in [0.717, 1.165) is 52.5 Å². The summed E-state index contributed by atoms with van der Waals surface area (Å²) in [5, 5.41) is 2.00. The van der Waals surface area contributed by atoms with Gasteiger partial charge in [0.05, 0.1) is 12.8 Å². The van der Waals surface area contributed by atoms with Crippen LogP contribution in [0.25, 0.3) is 10.4 Å². The molecule has 0 atom stereocenters. The molecule has 8 heteroatoms. The van der Waals surface area contributed by atoms with E-state index in [1.807, 2.05) is 29.6 Å². The van der Waals surface area contributed by atoms with E-state index in [-0.39, 0.29) is 24.3 Å². The topological polar surface area (TPSA) is 18.5 Å². The van der Waals surface area contributed by atoms with E-state index in [1.54, 1.807) is 47.7 Å². The fourth-order valence-electron chi connectivity index (χ4n) is 4.66. The number of rotatable bonds is 21. The first-order valence-electron chi connectivity index (χ1n) is 16.2. The molecule has 0 aliphatic rings. The number of benzene rings is 2. The van der Waals surface area contributed by atoms with Crippen molar-refractivity contribution in [3.8, 4) is 21.9 Å². The molecule has 3 aromatic rings. The molecule has 0 radical (unpaired) electrons. The monoisotopic (exact) mass is 748 g/mol. The van der Waals surface area contributed by atoms with Crippen LogP contribution in [0, 0.1) is 3.57 Å². The Morgan fingerprint density at radius 2 is 0.977 bits per heavy atom. The number of thiophene rings is 1. The van der Waals surface area contributed by atoms with Crippen LogP contribution in [0.5, 0.6) is 11.5 Å². The van der Waals surface area contributed by atoms with Gasteiger partial charge in [-0.2, -0.15) is 17.6 Å². The Morgan fingerprint density at radius 3 is 1.39 bits per heavy atom. The van der Waals surface area contributed by atoms with E-state index in [9.17, 15) is 17.6 Å². The van der Waals surface area contributed by atoms with Crippen molar-refractivity contribution in [1.29, 1.82) is 0 Å². The predicted molar refractivity (Wildman–Crippen MR) is 185 cm³/mol. The Labute approximate surface area is 280 Å². The standard InChI is InChI=1S/C20H26F2OS.C16H23F2IO/c1-2-3-4-5-6-7-8-15-20(21,22)23-18-13-11-17(12-14-18)19-10-9-16-24-19;1-2-3-4-5-6-7-8-13-16(17,18)20-15-11-9-14(19)10-12-15/h9-14,16H,2-8,15H2,1H3;9-12H,2-8,13H2,1H3. The number of alkyl halides is 4. The van der Waals surface area contributed by atoms with Gasteiger partial charge in [-0.05, 0) is 101 Å². The lowest BCUT2D eigenvalue weighted by molar-refractivity contribution is -0.182. The van der Waals surface area contributed by atoms with Crippen molar-refractivity contribution >= 4 is 33.9 Å². The van der Waals surface area contributed by atoms with Crippen LogP contribution in [-0.2, 0) is 0 Å². The highest BCUT2D eigenvalue weighted by atomic mass is 127. The molecule has 0 aliphatic carbocycles. The molecule has 246 valence electrons. The zero-order valence-electron chi connectivity index (χ0n) is 26.3. The number of hydrogen-bond acceptors (Lipinski definition) is 3. The summed E-state index contributed by atoms with van der Waals surface area (Å²) in [5.41, 5.74) is 1.02. The maximum absolute atomic E-state index is 13.9. The lowest BCUT2D eigenvalue weighted by atomic mass is 10.1. The van der Waals surface area contributed by atoms with Gasteiger partial charge in [0.25, 0.3) is 0 Å². The lowest BCUT2D eigenvalue weighted by Gasteiger charge is -2.18. The van der Waals surface area contributed by atoms with E-state index in [1.165, 1.54) is 38.5 Å². The summed E-state index contributed by atoms with van der Waals surface area (Å²) in [6.45, 7) is 4.34. The van der Waals surface area contributed by atoms with E-state index >= 15 is 0 Å². The second-order valence-corrected chi connectivity index (χ2v) is 13.4. The fraction of sp³-hybridized carbons (Fsp3) is 0.556. The van der Waals surface area contributed by atoms with E-state index < -0.39 is 12.2 Å². The molecule has 2 nitrogen and oxygen atoms in total. The van der Waals surface area contributed by atoms with Crippen molar-refractivity contribution in [1.82, 2.24) is 0 Å². The van der Waals surface area contributed by atoms with Crippen LogP contribution >= 0.6 is 33.9 Å². The number of hydrogen-bond donors (Lipinski definition) is 0. The molecule has 0 saturated heterocycles. The van der Waals surface area contributed by atoms with Gasteiger partial charge in [-0.15, -0.1) is 11.3 Å². The molecule has 0 spiro atoms. The molecule has 2 aromatic carbocycles.